The van der Waals surface area contributed by atoms with Gasteiger partial charge < -0.3 is 14.6 Å². The van der Waals surface area contributed by atoms with Crippen LogP contribution >= 0.6 is 0 Å². The highest BCUT2D eigenvalue weighted by atomic mass is 16.5. The number of carbonyl (C=O) groups is 1. The molecule has 2 aromatic heterocycles. The number of carbonyl (C=O) groups excluding carboxylic acids is 1. The fourth-order valence-corrected chi connectivity index (χ4v) is 5.62. The Morgan fingerprint density at radius 1 is 1.24 bits per heavy atom. The van der Waals surface area contributed by atoms with Gasteiger partial charge in [0.25, 0.3) is 0 Å². The van der Waals surface area contributed by atoms with Gasteiger partial charge in [0.05, 0.1) is 23.9 Å². The molecule has 1 unspecified atom stereocenters. The molecule has 7 nitrogen and oxygen atoms in total. The fourth-order valence-electron chi connectivity index (χ4n) is 5.62. The predicted molar refractivity (Wildman–Crippen MR) is 136 cm³/mol. The quantitative estimate of drug-likeness (QED) is 0.596. The number of hydrogen-bond acceptors (Lipinski definition) is 4. The zero-order chi connectivity index (χ0) is 24.2. The lowest BCUT2D eigenvalue weighted by Crippen LogP contribution is -2.54. The maximum atomic E-state index is 13.3. The van der Waals surface area contributed by atoms with Crippen LogP contribution in [0.25, 0.3) is 22.3 Å². The molecule has 7 heteroatoms. The van der Waals surface area contributed by atoms with E-state index < -0.39 is 0 Å². The molecule has 3 atom stereocenters. The smallest absolute Gasteiger partial charge is 0.243 e. The highest BCUT2D eigenvalue weighted by molar-refractivity contribution is 5.98. The fraction of sp³-hybridized carbons (Fsp3) is 0.556. The molecule has 1 fully saturated rings. The van der Waals surface area contributed by atoms with Gasteiger partial charge in [-0.05, 0) is 63.6 Å². The molecule has 0 saturated carbocycles. The molecule has 0 spiro atoms. The number of nitrogens with one attached hydrogen (secondary N) is 2. The number of nitrogens with zero attached hydrogens (tertiary/aromatic N) is 3. The Kier molecular flexibility index (Phi) is 5.81. The Bertz CT molecular complexity index is 1200. The number of amides is 1. The molecule has 1 saturated heterocycles. The van der Waals surface area contributed by atoms with Crippen LogP contribution in [-0.2, 0) is 22.4 Å². The largest absolute Gasteiger partial charge is 0.373 e. The van der Waals surface area contributed by atoms with Crippen LogP contribution in [0.1, 0.15) is 52.3 Å². The van der Waals surface area contributed by atoms with E-state index >= 15 is 0 Å². The zero-order valence-corrected chi connectivity index (χ0v) is 21.2. The second kappa shape index (κ2) is 8.54. The summed E-state index contributed by atoms with van der Waals surface area (Å²) in [6.45, 7) is 12.3. The lowest BCUT2D eigenvalue weighted by Gasteiger charge is -2.39. The Labute approximate surface area is 201 Å². The van der Waals surface area contributed by atoms with E-state index in [0.29, 0.717) is 5.41 Å². The van der Waals surface area contributed by atoms with Gasteiger partial charge in [-0.3, -0.25) is 14.8 Å². The first-order valence-electron chi connectivity index (χ1n) is 12.5. The van der Waals surface area contributed by atoms with Gasteiger partial charge in [0.1, 0.15) is 5.69 Å². The first kappa shape index (κ1) is 23.1. The molecule has 3 heterocycles. The first-order chi connectivity index (χ1) is 16.1. The van der Waals surface area contributed by atoms with Gasteiger partial charge in [-0.2, -0.15) is 5.10 Å². The number of benzene rings is 1. The summed E-state index contributed by atoms with van der Waals surface area (Å²) in [5, 5.41) is 9.07. The van der Waals surface area contributed by atoms with Crippen molar-refractivity contribution in [3.63, 3.8) is 0 Å². The number of aromatic amines is 2. The highest BCUT2D eigenvalue weighted by Gasteiger charge is 2.32. The molecule has 2 N–H and O–H groups in total. The van der Waals surface area contributed by atoms with Gasteiger partial charge in [0.2, 0.25) is 5.91 Å². The maximum absolute atomic E-state index is 13.3. The van der Waals surface area contributed by atoms with Crippen molar-refractivity contribution in [2.24, 2.45) is 5.41 Å². The van der Waals surface area contributed by atoms with Crippen LogP contribution in [0.4, 0.5) is 5.69 Å². The molecule has 2 aliphatic rings. The van der Waals surface area contributed by atoms with E-state index in [1.54, 1.807) is 4.90 Å². The topological polar surface area (TPSA) is 77.2 Å². The van der Waals surface area contributed by atoms with Crippen molar-refractivity contribution in [2.45, 2.75) is 72.1 Å². The molecule has 0 bridgehead atoms. The molecule has 1 aromatic carbocycles. The molecular weight excluding hydrogens is 426 g/mol. The highest BCUT2D eigenvalue weighted by Crippen LogP contribution is 2.38. The summed E-state index contributed by atoms with van der Waals surface area (Å²) in [6.07, 6.45) is 3.52. The molecule has 1 amide bonds. The van der Waals surface area contributed by atoms with E-state index in [1.165, 1.54) is 17.7 Å². The Morgan fingerprint density at radius 3 is 2.71 bits per heavy atom. The van der Waals surface area contributed by atoms with Crippen LogP contribution in [0, 0.1) is 5.41 Å². The summed E-state index contributed by atoms with van der Waals surface area (Å²) in [7, 11) is 1.86. The van der Waals surface area contributed by atoms with Crippen LogP contribution in [0.2, 0.25) is 0 Å². The molecule has 182 valence electrons. The van der Waals surface area contributed by atoms with Crippen LogP contribution < -0.4 is 4.90 Å². The van der Waals surface area contributed by atoms with E-state index in [1.807, 2.05) is 20.0 Å². The molecule has 0 radical (unpaired) electrons. The number of rotatable bonds is 4. The van der Waals surface area contributed by atoms with E-state index in [-0.39, 0.29) is 24.2 Å². The molecular formula is C27H37N5O2. The minimum Gasteiger partial charge on any atom is -0.373 e. The third-order valence-electron chi connectivity index (χ3n) is 7.59. The predicted octanol–water partition coefficient (Wildman–Crippen LogP) is 4.53. The monoisotopic (exact) mass is 463 g/mol. The number of anilines is 1. The van der Waals surface area contributed by atoms with E-state index in [0.717, 1.165) is 53.9 Å². The average Bonchev–Trinajstić information content (AvgIpc) is 3.38. The van der Waals surface area contributed by atoms with Crippen molar-refractivity contribution in [3.8, 4) is 11.4 Å². The summed E-state index contributed by atoms with van der Waals surface area (Å²) in [4.78, 5) is 20.9. The van der Waals surface area contributed by atoms with Crippen LogP contribution in [0.15, 0.2) is 24.3 Å². The first-order valence-corrected chi connectivity index (χ1v) is 12.5. The summed E-state index contributed by atoms with van der Waals surface area (Å²) < 4.78 is 5.84. The van der Waals surface area contributed by atoms with Gasteiger partial charge in [-0.15, -0.1) is 0 Å². The molecule has 5 rings (SSSR count). The van der Waals surface area contributed by atoms with E-state index in [2.05, 4.69) is 66.0 Å². The Morgan fingerprint density at radius 2 is 1.97 bits per heavy atom. The van der Waals surface area contributed by atoms with Crippen molar-refractivity contribution < 1.29 is 9.53 Å². The van der Waals surface area contributed by atoms with Gasteiger partial charge in [0.15, 0.2) is 0 Å². The van der Waals surface area contributed by atoms with Crippen LogP contribution in [0.5, 0.6) is 0 Å². The van der Waals surface area contributed by atoms with Crippen molar-refractivity contribution >= 4 is 22.5 Å². The third kappa shape index (κ3) is 4.27. The second-order valence-corrected chi connectivity index (χ2v) is 11.1. The van der Waals surface area contributed by atoms with E-state index in [9.17, 15) is 4.79 Å². The molecule has 1 aliphatic carbocycles. The number of fused-ring (bicyclic) bond motifs is 2. The number of aromatic nitrogens is 3. The molecule has 1 aliphatic heterocycles. The summed E-state index contributed by atoms with van der Waals surface area (Å²) in [6, 6.07) is 8.14. The Hall–Kier alpha value is -2.64. The zero-order valence-electron chi connectivity index (χ0n) is 21.2. The lowest BCUT2D eigenvalue weighted by atomic mass is 9.76. The van der Waals surface area contributed by atoms with Crippen molar-refractivity contribution in [3.05, 3.63) is 35.5 Å². The van der Waals surface area contributed by atoms with Crippen molar-refractivity contribution in [2.75, 3.05) is 25.0 Å². The average molecular weight is 464 g/mol. The van der Waals surface area contributed by atoms with Crippen molar-refractivity contribution in [1.82, 2.24) is 20.1 Å². The normalized spacial score (nSPS) is 23.6. The SMILES string of the molecule is CC(C(=O)N(C)c1ccc2cc(-c3n[nH]c4c3CCC(C)(C)C4)[nH]c2c1)N1C[C@@H](C)O[C@@H](C)C1. The summed E-state index contributed by atoms with van der Waals surface area (Å²) >= 11 is 0. The number of morpholine rings is 1. The minimum atomic E-state index is -0.200. The number of hydrogen-bond donors (Lipinski definition) is 2. The molecule has 3 aromatic rings. The minimum absolute atomic E-state index is 0.0939. The van der Waals surface area contributed by atoms with Crippen LogP contribution in [-0.4, -0.2) is 64.4 Å². The number of likely N-dealkylation sites (N-methyl/N-ethyl adjacent to an activating group) is 1. The van der Waals surface area contributed by atoms with Crippen LogP contribution in [0.3, 0.4) is 0 Å². The van der Waals surface area contributed by atoms with Gasteiger partial charge in [0, 0.05) is 48.0 Å². The van der Waals surface area contributed by atoms with Crippen molar-refractivity contribution in [1.29, 1.82) is 0 Å². The number of H-pyrrole nitrogens is 2. The number of ether oxygens (including phenoxy) is 1. The molecule has 34 heavy (non-hydrogen) atoms. The van der Waals surface area contributed by atoms with Gasteiger partial charge in [-0.25, -0.2) is 0 Å². The third-order valence-corrected chi connectivity index (χ3v) is 7.59. The van der Waals surface area contributed by atoms with Gasteiger partial charge in [-0.1, -0.05) is 19.9 Å². The van der Waals surface area contributed by atoms with E-state index in [4.69, 9.17) is 4.74 Å². The second-order valence-electron chi connectivity index (χ2n) is 11.1. The summed E-state index contributed by atoms with van der Waals surface area (Å²) in [5.41, 5.74) is 6.87. The Balaban J connectivity index is 1.37. The maximum Gasteiger partial charge on any atom is 0.243 e. The summed E-state index contributed by atoms with van der Waals surface area (Å²) in [5.74, 6) is 0.0939. The standard InChI is InChI=1S/C27H37N5O2/c1-16-14-32(15-17(2)34-16)18(3)26(33)31(6)20-8-7-19-11-23(28-22(19)12-20)25-21-9-10-27(4,5)13-24(21)29-30-25/h7-8,11-12,16-18,28H,9-10,13-15H2,1-6H3,(H,29,30)/t16-,17+,18?. The lowest BCUT2D eigenvalue weighted by molar-refractivity contribution is -0.129. The van der Waals surface area contributed by atoms with Gasteiger partial charge >= 0.3 is 0 Å².